The van der Waals surface area contributed by atoms with Crippen LogP contribution in [0.25, 0.3) is 22.0 Å². The molecule has 1 N–H and O–H groups in total. The number of nitrogens with one attached hydrogen (secondary N) is 1. The van der Waals surface area contributed by atoms with Crippen LogP contribution < -0.4 is 4.90 Å². The molecule has 0 amide bonds. The lowest BCUT2D eigenvalue weighted by Gasteiger charge is -2.41. The Morgan fingerprint density at radius 2 is 1.93 bits per heavy atom. The fourth-order valence-electron chi connectivity index (χ4n) is 4.19. The second-order valence-corrected chi connectivity index (χ2v) is 7.68. The molecule has 5 rings (SSSR count). The van der Waals surface area contributed by atoms with Crippen LogP contribution in [0.1, 0.15) is 12.5 Å². The van der Waals surface area contributed by atoms with E-state index in [2.05, 4.69) is 85.4 Å². The highest BCUT2D eigenvalue weighted by molar-refractivity contribution is 5.93. The zero-order valence-corrected chi connectivity index (χ0v) is 16.5. The first-order valence-electron chi connectivity index (χ1n) is 10.0. The zero-order chi connectivity index (χ0) is 19.6. The van der Waals surface area contributed by atoms with Crippen LogP contribution in [0, 0.1) is 0 Å². The highest BCUT2D eigenvalue weighted by Gasteiger charge is 2.26. The van der Waals surface area contributed by atoms with Gasteiger partial charge in [-0.05, 0) is 30.2 Å². The fourth-order valence-corrected chi connectivity index (χ4v) is 4.19. The predicted molar refractivity (Wildman–Crippen MR) is 116 cm³/mol. The predicted octanol–water partition coefficient (Wildman–Crippen LogP) is 3.73. The van der Waals surface area contributed by atoms with Crippen molar-refractivity contribution in [2.45, 2.75) is 19.5 Å². The Morgan fingerprint density at radius 1 is 1.03 bits per heavy atom. The molecule has 0 saturated carbocycles. The summed E-state index contributed by atoms with van der Waals surface area (Å²) in [6.45, 7) is 6.27. The van der Waals surface area contributed by atoms with Crippen molar-refractivity contribution in [1.82, 2.24) is 25.1 Å². The third kappa shape index (κ3) is 3.59. The number of piperazine rings is 1. The number of H-pyrrole nitrogens is 1. The fraction of sp³-hybridized carbons (Fsp3) is 0.261. The van der Waals surface area contributed by atoms with E-state index in [9.17, 15) is 0 Å². The summed E-state index contributed by atoms with van der Waals surface area (Å²) in [5.41, 5.74) is 4.53. The molecule has 146 valence electrons. The van der Waals surface area contributed by atoms with Gasteiger partial charge in [-0.15, -0.1) is 0 Å². The number of fused-ring (bicyclic) bond motifs is 1. The molecule has 0 spiro atoms. The highest BCUT2D eigenvalue weighted by atomic mass is 15.3. The molecule has 1 aliphatic heterocycles. The SMILES string of the molecule is CC1CN(Cc2ccccc2)CCN1c1ncnc2ccc(-c3cn[nH]c3)cc12. The van der Waals surface area contributed by atoms with Gasteiger partial charge in [0.2, 0.25) is 0 Å². The second-order valence-electron chi connectivity index (χ2n) is 7.68. The van der Waals surface area contributed by atoms with Gasteiger partial charge in [0.25, 0.3) is 0 Å². The van der Waals surface area contributed by atoms with Gasteiger partial charge in [0.15, 0.2) is 0 Å². The Labute approximate surface area is 170 Å². The minimum Gasteiger partial charge on any atom is -0.351 e. The van der Waals surface area contributed by atoms with Crippen LogP contribution in [0.3, 0.4) is 0 Å². The average Bonchev–Trinajstić information content (AvgIpc) is 3.29. The average molecular weight is 384 g/mol. The summed E-state index contributed by atoms with van der Waals surface area (Å²) >= 11 is 0. The van der Waals surface area contributed by atoms with Gasteiger partial charge < -0.3 is 4.90 Å². The summed E-state index contributed by atoms with van der Waals surface area (Å²) in [7, 11) is 0. The Bertz CT molecular complexity index is 1090. The first-order chi connectivity index (χ1) is 14.3. The van der Waals surface area contributed by atoms with Crippen molar-refractivity contribution in [3.63, 3.8) is 0 Å². The van der Waals surface area contributed by atoms with Crippen molar-refractivity contribution in [3.8, 4) is 11.1 Å². The molecule has 6 heteroatoms. The van der Waals surface area contributed by atoms with Crippen molar-refractivity contribution in [2.24, 2.45) is 0 Å². The van der Waals surface area contributed by atoms with E-state index in [1.807, 2.05) is 12.4 Å². The van der Waals surface area contributed by atoms with Gasteiger partial charge in [-0.1, -0.05) is 36.4 Å². The van der Waals surface area contributed by atoms with Gasteiger partial charge in [-0.3, -0.25) is 10.00 Å². The van der Waals surface area contributed by atoms with Crippen molar-refractivity contribution in [1.29, 1.82) is 0 Å². The van der Waals surface area contributed by atoms with Crippen LogP contribution in [0.2, 0.25) is 0 Å². The molecule has 1 aliphatic rings. The summed E-state index contributed by atoms with van der Waals surface area (Å²) in [4.78, 5) is 14.1. The molecular weight excluding hydrogens is 360 g/mol. The van der Waals surface area contributed by atoms with Gasteiger partial charge >= 0.3 is 0 Å². The van der Waals surface area contributed by atoms with Crippen molar-refractivity contribution in [2.75, 3.05) is 24.5 Å². The third-order valence-corrected chi connectivity index (χ3v) is 5.68. The van der Waals surface area contributed by atoms with Crippen LogP contribution >= 0.6 is 0 Å². The minimum absolute atomic E-state index is 0.378. The van der Waals surface area contributed by atoms with Crippen molar-refractivity contribution < 1.29 is 0 Å². The van der Waals surface area contributed by atoms with Crippen LogP contribution in [-0.4, -0.2) is 50.7 Å². The van der Waals surface area contributed by atoms with E-state index >= 15 is 0 Å². The molecular formula is C23H24N6. The monoisotopic (exact) mass is 384 g/mol. The van der Waals surface area contributed by atoms with E-state index in [-0.39, 0.29) is 0 Å². The Hall–Kier alpha value is -3.25. The topological polar surface area (TPSA) is 60.9 Å². The summed E-state index contributed by atoms with van der Waals surface area (Å²) in [5, 5.41) is 8.05. The molecule has 1 saturated heterocycles. The Kier molecular flexibility index (Phi) is 4.69. The van der Waals surface area contributed by atoms with E-state index in [0.717, 1.165) is 54.0 Å². The molecule has 2 aromatic heterocycles. The van der Waals surface area contributed by atoms with Crippen molar-refractivity contribution in [3.05, 3.63) is 72.8 Å². The van der Waals surface area contributed by atoms with Gasteiger partial charge in [0.05, 0.1) is 11.7 Å². The first kappa shape index (κ1) is 17.8. The van der Waals surface area contributed by atoms with Crippen LogP contribution in [0.15, 0.2) is 67.3 Å². The van der Waals surface area contributed by atoms with Gasteiger partial charge in [0.1, 0.15) is 12.1 Å². The lowest BCUT2D eigenvalue weighted by molar-refractivity contribution is 0.220. The van der Waals surface area contributed by atoms with Gasteiger partial charge in [-0.2, -0.15) is 5.10 Å². The number of anilines is 1. The number of aromatic nitrogens is 4. The summed E-state index contributed by atoms with van der Waals surface area (Å²) in [5.74, 6) is 1.02. The van der Waals surface area contributed by atoms with Gasteiger partial charge in [-0.25, -0.2) is 9.97 Å². The Balaban J connectivity index is 1.41. The molecule has 1 unspecified atom stereocenters. The van der Waals surface area contributed by atoms with Crippen LogP contribution in [0.4, 0.5) is 5.82 Å². The number of aromatic amines is 1. The maximum absolute atomic E-state index is 4.69. The smallest absolute Gasteiger partial charge is 0.140 e. The van der Waals surface area contributed by atoms with Crippen LogP contribution in [-0.2, 0) is 6.54 Å². The summed E-state index contributed by atoms with van der Waals surface area (Å²) < 4.78 is 0. The molecule has 3 heterocycles. The molecule has 0 aliphatic carbocycles. The molecule has 1 atom stereocenters. The lowest BCUT2D eigenvalue weighted by Crippen LogP contribution is -2.52. The second kappa shape index (κ2) is 7.64. The van der Waals surface area contributed by atoms with E-state index in [1.54, 1.807) is 6.33 Å². The quantitative estimate of drug-likeness (QED) is 0.581. The standard InChI is InChI=1S/C23H24N6/c1-17-14-28(15-18-5-3-2-4-6-18)9-10-29(17)23-21-11-19(20-12-26-27-13-20)7-8-22(21)24-16-25-23/h2-8,11-13,16-17H,9-10,14-15H2,1H3,(H,26,27). The molecule has 4 aromatic rings. The summed E-state index contributed by atoms with van der Waals surface area (Å²) in [6, 6.07) is 17.4. The largest absolute Gasteiger partial charge is 0.351 e. The van der Waals surface area contributed by atoms with E-state index in [0.29, 0.717) is 6.04 Å². The van der Waals surface area contributed by atoms with Crippen molar-refractivity contribution >= 4 is 16.7 Å². The minimum atomic E-state index is 0.378. The third-order valence-electron chi connectivity index (χ3n) is 5.68. The van der Waals surface area contributed by atoms with E-state index in [1.165, 1.54) is 5.56 Å². The van der Waals surface area contributed by atoms with Crippen LogP contribution in [0.5, 0.6) is 0 Å². The molecule has 6 nitrogen and oxygen atoms in total. The number of rotatable bonds is 4. The molecule has 0 bridgehead atoms. The number of hydrogen-bond donors (Lipinski definition) is 1. The zero-order valence-electron chi connectivity index (χ0n) is 16.5. The normalized spacial score (nSPS) is 17.7. The highest BCUT2D eigenvalue weighted by Crippen LogP contribution is 2.30. The molecule has 2 aromatic carbocycles. The first-order valence-corrected chi connectivity index (χ1v) is 10.0. The molecule has 1 fully saturated rings. The van der Waals surface area contributed by atoms with E-state index < -0.39 is 0 Å². The number of hydrogen-bond acceptors (Lipinski definition) is 5. The Morgan fingerprint density at radius 3 is 2.72 bits per heavy atom. The molecule has 29 heavy (non-hydrogen) atoms. The molecule has 0 radical (unpaired) electrons. The maximum Gasteiger partial charge on any atom is 0.140 e. The summed E-state index contributed by atoms with van der Waals surface area (Å²) in [6.07, 6.45) is 5.43. The van der Waals surface area contributed by atoms with E-state index in [4.69, 9.17) is 0 Å². The van der Waals surface area contributed by atoms with Gasteiger partial charge in [0, 0.05) is 49.4 Å². The lowest BCUT2D eigenvalue weighted by atomic mass is 10.1. The number of nitrogens with zero attached hydrogens (tertiary/aromatic N) is 5. The number of benzene rings is 2. The maximum atomic E-state index is 4.69.